The molecule has 0 bridgehead atoms. The van der Waals surface area contributed by atoms with Gasteiger partial charge < -0.3 is 14.7 Å². The lowest BCUT2D eigenvalue weighted by Crippen LogP contribution is -2.32. The zero-order valence-corrected chi connectivity index (χ0v) is 12.2. The quantitative estimate of drug-likeness (QED) is 0.833. The van der Waals surface area contributed by atoms with Crippen molar-refractivity contribution in [3.05, 3.63) is 29.3 Å². The van der Waals surface area contributed by atoms with E-state index in [4.69, 9.17) is 9.84 Å². The number of hydrogen-bond donors (Lipinski definition) is 1. The summed E-state index contributed by atoms with van der Waals surface area (Å²) < 4.78 is 5.06. The summed E-state index contributed by atoms with van der Waals surface area (Å²) >= 11 is 0. The lowest BCUT2D eigenvalue weighted by molar-refractivity contribution is 0.0696. The number of carboxylic acids is 1. The Labute approximate surface area is 119 Å². The van der Waals surface area contributed by atoms with Gasteiger partial charge in [-0.05, 0) is 31.0 Å². The highest BCUT2D eigenvalue weighted by molar-refractivity contribution is 5.98. The van der Waals surface area contributed by atoms with Crippen LogP contribution in [-0.4, -0.2) is 42.1 Å². The van der Waals surface area contributed by atoms with Crippen molar-refractivity contribution in [3.63, 3.8) is 0 Å². The lowest BCUT2D eigenvalue weighted by Gasteiger charge is -2.22. The number of ether oxygens (including phenoxy) is 1. The van der Waals surface area contributed by atoms with Gasteiger partial charge in [0.1, 0.15) is 5.75 Å². The zero-order chi connectivity index (χ0) is 15.1. The predicted octanol–water partition coefficient (Wildman–Crippen LogP) is 2.66. The molecule has 0 aliphatic carbocycles. The number of amides is 1. The Morgan fingerprint density at radius 2 is 1.65 bits per heavy atom. The standard InChI is InChI=1S/C15H21NO4/c1-4-6-16(7-5-2)14(17)11-8-12(15(18)19)10-13(9-11)20-3/h8-10H,4-7H2,1-3H3,(H,18,19). The number of hydrogen-bond acceptors (Lipinski definition) is 3. The van der Waals surface area contributed by atoms with E-state index >= 15 is 0 Å². The molecule has 1 N–H and O–H groups in total. The minimum atomic E-state index is -1.07. The van der Waals surface area contributed by atoms with E-state index in [9.17, 15) is 9.59 Å². The summed E-state index contributed by atoms with van der Waals surface area (Å²) in [6.45, 7) is 5.33. The fourth-order valence-electron chi connectivity index (χ4n) is 2.00. The van der Waals surface area contributed by atoms with Crippen LogP contribution in [0.25, 0.3) is 0 Å². The molecule has 110 valence electrons. The fraction of sp³-hybridized carbons (Fsp3) is 0.467. The first-order valence-electron chi connectivity index (χ1n) is 6.75. The Morgan fingerprint density at radius 3 is 2.10 bits per heavy atom. The van der Waals surface area contributed by atoms with Gasteiger partial charge in [0.05, 0.1) is 12.7 Å². The Morgan fingerprint density at radius 1 is 1.10 bits per heavy atom. The van der Waals surface area contributed by atoms with Gasteiger partial charge in [0.15, 0.2) is 0 Å². The molecule has 0 saturated carbocycles. The monoisotopic (exact) mass is 279 g/mol. The van der Waals surface area contributed by atoms with E-state index in [1.54, 1.807) is 11.0 Å². The molecule has 0 heterocycles. The van der Waals surface area contributed by atoms with E-state index in [1.807, 2.05) is 13.8 Å². The summed E-state index contributed by atoms with van der Waals surface area (Å²) in [5.41, 5.74) is 0.407. The molecule has 0 aromatic heterocycles. The molecule has 0 aliphatic heterocycles. The predicted molar refractivity (Wildman–Crippen MR) is 76.4 cm³/mol. The van der Waals surface area contributed by atoms with Crippen LogP contribution < -0.4 is 4.74 Å². The van der Waals surface area contributed by atoms with Crippen LogP contribution in [0.15, 0.2) is 18.2 Å². The van der Waals surface area contributed by atoms with Crippen molar-refractivity contribution in [2.45, 2.75) is 26.7 Å². The van der Waals surface area contributed by atoms with Gasteiger partial charge in [-0.15, -0.1) is 0 Å². The number of rotatable bonds is 7. The smallest absolute Gasteiger partial charge is 0.335 e. The highest BCUT2D eigenvalue weighted by Crippen LogP contribution is 2.19. The van der Waals surface area contributed by atoms with E-state index < -0.39 is 5.97 Å². The third-order valence-corrected chi connectivity index (χ3v) is 2.91. The molecular weight excluding hydrogens is 258 g/mol. The van der Waals surface area contributed by atoms with Crippen LogP contribution in [0.5, 0.6) is 5.75 Å². The average molecular weight is 279 g/mol. The van der Waals surface area contributed by atoms with E-state index in [0.29, 0.717) is 24.4 Å². The number of carbonyl (C=O) groups is 2. The average Bonchev–Trinajstić information content (AvgIpc) is 2.45. The molecule has 5 nitrogen and oxygen atoms in total. The molecule has 0 unspecified atom stereocenters. The molecule has 0 atom stereocenters. The summed E-state index contributed by atoms with van der Waals surface area (Å²) in [5, 5.41) is 9.08. The fourth-order valence-corrected chi connectivity index (χ4v) is 2.00. The van der Waals surface area contributed by atoms with Crippen LogP contribution in [0.4, 0.5) is 0 Å². The maximum Gasteiger partial charge on any atom is 0.335 e. The second-order valence-electron chi connectivity index (χ2n) is 4.55. The number of benzene rings is 1. The van der Waals surface area contributed by atoms with Crippen molar-refractivity contribution in [2.75, 3.05) is 20.2 Å². The maximum atomic E-state index is 12.4. The summed E-state index contributed by atoms with van der Waals surface area (Å²) in [7, 11) is 1.45. The first kappa shape index (κ1) is 16.0. The summed E-state index contributed by atoms with van der Waals surface area (Å²) in [5.74, 6) is -0.855. The maximum absolute atomic E-state index is 12.4. The van der Waals surface area contributed by atoms with Crippen LogP contribution in [0.3, 0.4) is 0 Å². The van der Waals surface area contributed by atoms with Crippen molar-refractivity contribution in [1.82, 2.24) is 4.90 Å². The molecule has 20 heavy (non-hydrogen) atoms. The molecule has 1 amide bonds. The Kier molecular flexibility index (Phi) is 6.03. The van der Waals surface area contributed by atoms with Crippen LogP contribution in [-0.2, 0) is 0 Å². The van der Waals surface area contributed by atoms with Gasteiger partial charge >= 0.3 is 5.97 Å². The van der Waals surface area contributed by atoms with Gasteiger partial charge in [-0.1, -0.05) is 13.8 Å². The Balaban J connectivity index is 3.12. The van der Waals surface area contributed by atoms with Crippen LogP contribution in [0.2, 0.25) is 0 Å². The van der Waals surface area contributed by atoms with Crippen molar-refractivity contribution in [2.24, 2.45) is 0 Å². The topological polar surface area (TPSA) is 66.8 Å². The summed E-state index contributed by atoms with van der Waals surface area (Å²) in [6.07, 6.45) is 1.73. The summed E-state index contributed by atoms with van der Waals surface area (Å²) in [6, 6.07) is 4.38. The normalized spacial score (nSPS) is 10.2. The SMILES string of the molecule is CCCN(CCC)C(=O)c1cc(OC)cc(C(=O)O)c1. The van der Waals surface area contributed by atoms with Crippen LogP contribution >= 0.6 is 0 Å². The van der Waals surface area contributed by atoms with E-state index in [2.05, 4.69) is 0 Å². The van der Waals surface area contributed by atoms with Gasteiger partial charge in [0.2, 0.25) is 0 Å². The van der Waals surface area contributed by atoms with Crippen molar-refractivity contribution in [1.29, 1.82) is 0 Å². The highest BCUT2D eigenvalue weighted by atomic mass is 16.5. The van der Waals surface area contributed by atoms with E-state index in [0.717, 1.165) is 12.8 Å². The van der Waals surface area contributed by atoms with Gasteiger partial charge in [0, 0.05) is 18.7 Å². The lowest BCUT2D eigenvalue weighted by atomic mass is 10.1. The van der Waals surface area contributed by atoms with E-state index in [-0.39, 0.29) is 11.5 Å². The summed E-state index contributed by atoms with van der Waals surface area (Å²) in [4.78, 5) is 25.3. The number of methoxy groups -OCH3 is 1. The number of aromatic carboxylic acids is 1. The van der Waals surface area contributed by atoms with Crippen molar-refractivity contribution >= 4 is 11.9 Å². The second-order valence-corrected chi connectivity index (χ2v) is 4.55. The molecule has 5 heteroatoms. The van der Waals surface area contributed by atoms with Gasteiger partial charge in [-0.3, -0.25) is 4.79 Å². The number of carbonyl (C=O) groups excluding carboxylic acids is 1. The van der Waals surface area contributed by atoms with Gasteiger partial charge in [-0.25, -0.2) is 4.79 Å². The minimum absolute atomic E-state index is 0.0562. The third kappa shape index (κ3) is 3.98. The second kappa shape index (κ2) is 7.53. The zero-order valence-electron chi connectivity index (χ0n) is 12.2. The molecule has 0 saturated heterocycles. The van der Waals surface area contributed by atoms with Crippen LogP contribution in [0, 0.1) is 0 Å². The first-order valence-corrected chi connectivity index (χ1v) is 6.75. The highest BCUT2D eigenvalue weighted by Gasteiger charge is 2.17. The molecule has 0 aliphatic rings. The first-order chi connectivity index (χ1) is 9.53. The van der Waals surface area contributed by atoms with Crippen LogP contribution in [0.1, 0.15) is 47.4 Å². The Bertz CT molecular complexity index is 479. The third-order valence-electron chi connectivity index (χ3n) is 2.91. The molecule has 0 spiro atoms. The minimum Gasteiger partial charge on any atom is -0.497 e. The van der Waals surface area contributed by atoms with Crippen molar-refractivity contribution < 1.29 is 19.4 Å². The van der Waals surface area contributed by atoms with Gasteiger partial charge in [-0.2, -0.15) is 0 Å². The molecule has 0 fully saturated rings. The molecule has 1 aromatic carbocycles. The Hall–Kier alpha value is -2.04. The molecule has 1 aromatic rings. The number of nitrogens with zero attached hydrogens (tertiary/aromatic N) is 1. The molecular formula is C15H21NO4. The molecule has 1 rings (SSSR count). The van der Waals surface area contributed by atoms with E-state index in [1.165, 1.54) is 19.2 Å². The number of carboxylic acid groups (broad SMARTS) is 1. The largest absolute Gasteiger partial charge is 0.497 e. The molecule has 0 radical (unpaired) electrons. The van der Waals surface area contributed by atoms with Crippen molar-refractivity contribution in [3.8, 4) is 5.75 Å². The van der Waals surface area contributed by atoms with Gasteiger partial charge in [0.25, 0.3) is 5.91 Å².